The van der Waals surface area contributed by atoms with Crippen LogP contribution in [-0.2, 0) is 18.9 Å². The van der Waals surface area contributed by atoms with Gasteiger partial charge in [-0.15, -0.1) is 0 Å². The Kier molecular flexibility index (Phi) is 6.15. The van der Waals surface area contributed by atoms with Crippen LogP contribution in [0, 0.1) is 0 Å². The normalized spacial score (nSPS) is 14.3. The van der Waals surface area contributed by atoms with Gasteiger partial charge in [-0.1, -0.05) is 36.2 Å². The van der Waals surface area contributed by atoms with Gasteiger partial charge in [0.05, 0.1) is 5.75 Å². The van der Waals surface area contributed by atoms with Crippen molar-refractivity contribution in [2.24, 2.45) is 14.1 Å². The smallest absolute Gasteiger partial charge is 0.325 e. The number of benzene rings is 1. The SMILES string of the molecule is Cn1c(=O)c2c(SCC(=O)Nc3ccc(Cl)cc3)nc(C3CCCC3)nc2n(C)c1=O. The van der Waals surface area contributed by atoms with Gasteiger partial charge in [-0.3, -0.25) is 18.7 Å². The molecule has 0 bridgehead atoms. The molecular weight excluding hydrogens is 438 g/mol. The summed E-state index contributed by atoms with van der Waals surface area (Å²) in [7, 11) is 3.02. The number of nitrogens with zero attached hydrogens (tertiary/aromatic N) is 4. The number of thioether (sulfide) groups is 1. The van der Waals surface area contributed by atoms with Gasteiger partial charge >= 0.3 is 5.69 Å². The summed E-state index contributed by atoms with van der Waals surface area (Å²) >= 11 is 7.05. The minimum absolute atomic E-state index is 0.0604. The van der Waals surface area contributed by atoms with Crippen molar-refractivity contribution in [2.45, 2.75) is 36.6 Å². The van der Waals surface area contributed by atoms with E-state index in [1.807, 2.05) is 0 Å². The zero-order valence-corrected chi connectivity index (χ0v) is 18.8. The van der Waals surface area contributed by atoms with E-state index in [1.54, 1.807) is 31.3 Å². The second kappa shape index (κ2) is 8.84. The van der Waals surface area contributed by atoms with Crippen LogP contribution < -0.4 is 16.6 Å². The fraction of sp³-hybridized carbons (Fsp3) is 0.381. The lowest BCUT2D eigenvalue weighted by Crippen LogP contribution is -2.38. The highest BCUT2D eigenvalue weighted by molar-refractivity contribution is 8.00. The van der Waals surface area contributed by atoms with Crippen LogP contribution in [0.2, 0.25) is 5.02 Å². The number of nitrogens with one attached hydrogen (secondary N) is 1. The topological polar surface area (TPSA) is 98.9 Å². The van der Waals surface area contributed by atoms with E-state index < -0.39 is 11.2 Å². The molecule has 1 N–H and O–H groups in total. The number of halogens is 1. The van der Waals surface area contributed by atoms with Gasteiger partial charge in [0.1, 0.15) is 16.2 Å². The predicted octanol–water partition coefficient (Wildman–Crippen LogP) is 3.07. The van der Waals surface area contributed by atoms with Gasteiger partial charge < -0.3 is 5.32 Å². The minimum atomic E-state index is -0.461. The van der Waals surface area contributed by atoms with Gasteiger partial charge in [0.15, 0.2) is 5.65 Å². The third-order valence-electron chi connectivity index (χ3n) is 5.47. The Balaban J connectivity index is 1.69. The van der Waals surface area contributed by atoms with Crippen LogP contribution in [0.1, 0.15) is 37.4 Å². The van der Waals surface area contributed by atoms with E-state index in [9.17, 15) is 14.4 Å². The monoisotopic (exact) mass is 459 g/mol. The second-order valence-electron chi connectivity index (χ2n) is 7.62. The fourth-order valence-corrected chi connectivity index (χ4v) is 4.73. The molecule has 1 aliphatic carbocycles. The lowest BCUT2D eigenvalue weighted by atomic mass is 10.1. The van der Waals surface area contributed by atoms with Crippen molar-refractivity contribution in [1.82, 2.24) is 19.1 Å². The van der Waals surface area contributed by atoms with E-state index >= 15 is 0 Å². The summed E-state index contributed by atoms with van der Waals surface area (Å²) in [6, 6.07) is 6.82. The molecule has 0 saturated heterocycles. The number of aryl methyl sites for hydroxylation is 1. The van der Waals surface area contributed by atoms with Gasteiger partial charge in [0, 0.05) is 30.7 Å². The molecule has 1 aromatic carbocycles. The number of fused-ring (bicyclic) bond motifs is 1. The zero-order chi connectivity index (χ0) is 22.1. The third kappa shape index (κ3) is 4.38. The summed E-state index contributed by atoms with van der Waals surface area (Å²) in [6.07, 6.45) is 4.16. The zero-order valence-electron chi connectivity index (χ0n) is 17.2. The molecule has 3 aromatic rings. The Morgan fingerprint density at radius 2 is 1.81 bits per heavy atom. The largest absolute Gasteiger partial charge is 0.332 e. The first-order valence-corrected chi connectivity index (χ1v) is 11.4. The Hall–Kier alpha value is -2.65. The third-order valence-corrected chi connectivity index (χ3v) is 6.70. The highest BCUT2D eigenvalue weighted by Crippen LogP contribution is 2.34. The van der Waals surface area contributed by atoms with E-state index in [-0.39, 0.29) is 23.0 Å². The molecule has 0 unspecified atom stereocenters. The first kappa shape index (κ1) is 21.6. The Morgan fingerprint density at radius 1 is 1.13 bits per heavy atom. The maximum atomic E-state index is 12.9. The average molecular weight is 460 g/mol. The predicted molar refractivity (Wildman–Crippen MR) is 122 cm³/mol. The number of carbonyl (C=O) groups is 1. The van der Waals surface area contributed by atoms with Gasteiger partial charge in [0.2, 0.25) is 5.91 Å². The Labute approximate surface area is 187 Å². The van der Waals surface area contributed by atoms with Crippen molar-refractivity contribution in [3.8, 4) is 0 Å². The Bertz CT molecular complexity index is 1260. The van der Waals surface area contributed by atoms with Crippen LogP contribution in [0.15, 0.2) is 38.9 Å². The molecule has 2 aromatic heterocycles. The lowest BCUT2D eigenvalue weighted by Gasteiger charge is -2.14. The number of hydrogen-bond donors (Lipinski definition) is 1. The summed E-state index contributed by atoms with van der Waals surface area (Å²) in [6.45, 7) is 0. The van der Waals surface area contributed by atoms with Crippen LogP contribution >= 0.6 is 23.4 Å². The maximum absolute atomic E-state index is 12.9. The van der Waals surface area contributed by atoms with Crippen molar-refractivity contribution in [2.75, 3.05) is 11.1 Å². The van der Waals surface area contributed by atoms with Gasteiger partial charge in [0.25, 0.3) is 5.56 Å². The van der Waals surface area contributed by atoms with Crippen LogP contribution in [0.5, 0.6) is 0 Å². The standard InChI is InChI=1S/C21H22ClN5O3S/c1-26-18-16(20(29)27(2)21(26)30)19(25-17(24-18)12-5-3-4-6-12)31-11-15(28)23-14-9-7-13(22)8-10-14/h7-10,12H,3-6,11H2,1-2H3,(H,23,28). The Morgan fingerprint density at radius 3 is 2.48 bits per heavy atom. The summed E-state index contributed by atoms with van der Waals surface area (Å²) < 4.78 is 2.41. The van der Waals surface area contributed by atoms with Crippen LogP contribution in [-0.4, -0.2) is 30.8 Å². The molecule has 2 heterocycles. The molecule has 0 spiro atoms. The summed E-state index contributed by atoms with van der Waals surface area (Å²) in [5, 5.41) is 4.07. The molecular formula is C21H22ClN5O3S. The molecule has 10 heteroatoms. The van der Waals surface area contributed by atoms with E-state index in [1.165, 1.54) is 23.4 Å². The fourth-order valence-electron chi connectivity index (χ4n) is 3.78. The maximum Gasteiger partial charge on any atom is 0.332 e. The van der Waals surface area contributed by atoms with E-state index in [0.717, 1.165) is 30.3 Å². The van der Waals surface area contributed by atoms with Crippen molar-refractivity contribution < 1.29 is 4.79 Å². The summed E-state index contributed by atoms with van der Waals surface area (Å²) in [5.74, 6) is 0.660. The lowest BCUT2D eigenvalue weighted by molar-refractivity contribution is -0.113. The van der Waals surface area contributed by atoms with E-state index in [2.05, 4.69) is 15.3 Å². The molecule has 0 radical (unpaired) electrons. The van der Waals surface area contributed by atoms with E-state index in [4.69, 9.17) is 11.6 Å². The summed E-state index contributed by atoms with van der Waals surface area (Å²) in [5.41, 5.74) is 0.0415. The van der Waals surface area contributed by atoms with Crippen LogP contribution in [0.3, 0.4) is 0 Å². The number of rotatable bonds is 5. The number of amides is 1. The van der Waals surface area contributed by atoms with Crippen LogP contribution in [0.4, 0.5) is 5.69 Å². The van der Waals surface area contributed by atoms with Gasteiger partial charge in [-0.05, 0) is 37.1 Å². The first-order valence-electron chi connectivity index (χ1n) is 10.0. The van der Waals surface area contributed by atoms with Gasteiger partial charge in [-0.2, -0.15) is 0 Å². The van der Waals surface area contributed by atoms with E-state index in [0.29, 0.717) is 27.2 Å². The molecule has 1 saturated carbocycles. The molecule has 0 aliphatic heterocycles. The first-order chi connectivity index (χ1) is 14.8. The van der Waals surface area contributed by atoms with Crippen molar-refractivity contribution in [1.29, 1.82) is 0 Å². The minimum Gasteiger partial charge on any atom is -0.325 e. The van der Waals surface area contributed by atoms with Crippen molar-refractivity contribution >= 4 is 46.0 Å². The highest BCUT2D eigenvalue weighted by Gasteiger charge is 2.24. The molecule has 8 nitrogen and oxygen atoms in total. The molecule has 0 atom stereocenters. The number of carbonyl (C=O) groups excluding carboxylic acids is 1. The number of hydrogen-bond acceptors (Lipinski definition) is 6. The molecule has 162 valence electrons. The molecule has 31 heavy (non-hydrogen) atoms. The van der Waals surface area contributed by atoms with Crippen LogP contribution in [0.25, 0.3) is 11.0 Å². The molecule has 1 amide bonds. The number of anilines is 1. The second-order valence-corrected chi connectivity index (χ2v) is 9.02. The van der Waals surface area contributed by atoms with Gasteiger partial charge in [-0.25, -0.2) is 14.8 Å². The molecule has 4 rings (SSSR count). The van der Waals surface area contributed by atoms with Crippen molar-refractivity contribution in [3.05, 3.63) is 56.0 Å². The number of aromatic nitrogens is 4. The highest BCUT2D eigenvalue weighted by atomic mass is 35.5. The average Bonchev–Trinajstić information content (AvgIpc) is 3.31. The van der Waals surface area contributed by atoms with Crippen molar-refractivity contribution in [3.63, 3.8) is 0 Å². The summed E-state index contributed by atoms with van der Waals surface area (Å²) in [4.78, 5) is 47.0. The quantitative estimate of drug-likeness (QED) is 0.465. The molecule has 1 fully saturated rings. The molecule has 1 aliphatic rings.